The Hall–Kier alpha value is -2.14. The van der Waals surface area contributed by atoms with Crippen LogP contribution in [-0.4, -0.2) is 21.0 Å². The van der Waals surface area contributed by atoms with Crippen LogP contribution in [0.2, 0.25) is 0 Å². The molecule has 22 heavy (non-hydrogen) atoms. The highest BCUT2D eigenvalue weighted by Gasteiger charge is 2.30. The highest BCUT2D eigenvalue weighted by Crippen LogP contribution is 2.32. The lowest BCUT2D eigenvalue weighted by atomic mass is 10.1. The first-order valence-electron chi connectivity index (χ1n) is 7.10. The maximum atomic E-state index is 12.7. The maximum Gasteiger partial charge on any atom is 0.207 e. The highest BCUT2D eigenvalue weighted by molar-refractivity contribution is 9.09. The standard InChI is InChI=1S/C17H13BrN2O2/c18-10-12-9-14-15(21)13-7-4-8-19-16(13)20(17(14)22-12)11-5-2-1-3-6-11/h1-8,12H,9-10H2. The Morgan fingerprint density at radius 3 is 2.82 bits per heavy atom. The Labute approximate surface area is 135 Å². The van der Waals surface area contributed by atoms with Crippen LogP contribution >= 0.6 is 15.9 Å². The zero-order valence-corrected chi connectivity index (χ0v) is 13.3. The van der Waals surface area contributed by atoms with Gasteiger partial charge in [0.25, 0.3) is 0 Å². The highest BCUT2D eigenvalue weighted by atomic mass is 79.9. The smallest absolute Gasteiger partial charge is 0.207 e. The lowest BCUT2D eigenvalue weighted by Crippen LogP contribution is -2.15. The first-order chi connectivity index (χ1) is 10.8. The summed E-state index contributed by atoms with van der Waals surface area (Å²) in [6, 6.07) is 13.5. The number of hydrogen-bond acceptors (Lipinski definition) is 3. The van der Waals surface area contributed by atoms with Crippen LogP contribution in [0.3, 0.4) is 0 Å². The SMILES string of the molecule is O=c1c2c(n(-c3ccccc3)c3ncccc13)OC(CBr)C2. The predicted molar refractivity (Wildman–Crippen MR) is 89.3 cm³/mol. The van der Waals surface area contributed by atoms with Crippen molar-refractivity contribution in [1.29, 1.82) is 0 Å². The number of hydrogen-bond donors (Lipinski definition) is 0. The van der Waals surface area contributed by atoms with Crippen molar-refractivity contribution in [3.8, 4) is 11.6 Å². The molecule has 0 spiro atoms. The fourth-order valence-electron chi connectivity index (χ4n) is 2.88. The molecule has 3 aromatic rings. The van der Waals surface area contributed by atoms with Crippen molar-refractivity contribution >= 4 is 27.0 Å². The van der Waals surface area contributed by atoms with Crippen molar-refractivity contribution in [2.45, 2.75) is 12.5 Å². The molecular formula is C17H13BrN2O2. The van der Waals surface area contributed by atoms with Gasteiger partial charge < -0.3 is 4.74 Å². The van der Waals surface area contributed by atoms with Gasteiger partial charge in [0, 0.05) is 17.9 Å². The molecule has 2 aromatic heterocycles. The van der Waals surface area contributed by atoms with E-state index in [4.69, 9.17) is 4.74 Å². The van der Waals surface area contributed by atoms with Gasteiger partial charge in [0.1, 0.15) is 6.10 Å². The summed E-state index contributed by atoms with van der Waals surface area (Å²) >= 11 is 3.44. The van der Waals surface area contributed by atoms with Gasteiger partial charge in [0.2, 0.25) is 5.88 Å². The third-order valence-electron chi connectivity index (χ3n) is 3.88. The second-order valence-electron chi connectivity index (χ2n) is 5.26. The van der Waals surface area contributed by atoms with Crippen LogP contribution < -0.4 is 10.2 Å². The summed E-state index contributed by atoms with van der Waals surface area (Å²) in [6.45, 7) is 0. The van der Waals surface area contributed by atoms with E-state index in [0.29, 0.717) is 28.7 Å². The maximum absolute atomic E-state index is 12.7. The van der Waals surface area contributed by atoms with E-state index in [0.717, 1.165) is 11.3 Å². The number of halogens is 1. The molecule has 0 fully saturated rings. The van der Waals surface area contributed by atoms with Crippen LogP contribution in [0.5, 0.6) is 5.88 Å². The van der Waals surface area contributed by atoms with Gasteiger partial charge in [0.15, 0.2) is 11.1 Å². The number of ether oxygens (including phenoxy) is 1. The summed E-state index contributed by atoms with van der Waals surface area (Å²) in [6.07, 6.45) is 2.30. The Morgan fingerprint density at radius 1 is 1.23 bits per heavy atom. The fourth-order valence-corrected chi connectivity index (χ4v) is 3.24. The van der Waals surface area contributed by atoms with Crippen molar-refractivity contribution in [3.63, 3.8) is 0 Å². The Morgan fingerprint density at radius 2 is 2.05 bits per heavy atom. The zero-order valence-electron chi connectivity index (χ0n) is 11.7. The van der Waals surface area contributed by atoms with E-state index in [9.17, 15) is 4.79 Å². The predicted octanol–water partition coefficient (Wildman–Crippen LogP) is 3.08. The van der Waals surface area contributed by atoms with Crippen LogP contribution in [0, 0.1) is 0 Å². The molecule has 0 saturated heterocycles. The van der Waals surface area contributed by atoms with Gasteiger partial charge in [-0.3, -0.25) is 9.36 Å². The summed E-state index contributed by atoms with van der Waals surface area (Å²) < 4.78 is 7.95. The summed E-state index contributed by atoms with van der Waals surface area (Å²) in [7, 11) is 0. The molecule has 3 heterocycles. The Balaban J connectivity index is 2.11. The van der Waals surface area contributed by atoms with Crippen LogP contribution in [0.25, 0.3) is 16.7 Å². The largest absolute Gasteiger partial charge is 0.474 e. The first-order valence-corrected chi connectivity index (χ1v) is 8.22. The molecule has 0 aliphatic carbocycles. The topological polar surface area (TPSA) is 44.1 Å². The molecule has 1 unspecified atom stereocenters. The van der Waals surface area contributed by atoms with E-state index < -0.39 is 0 Å². The molecule has 0 saturated carbocycles. The number of benzene rings is 1. The third kappa shape index (κ3) is 1.96. The average Bonchev–Trinajstić information content (AvgIpc) is 3.00. The minimum absolute atomic E-state index is 0.0190. The fraction of sp³-hybridized carbons (Fsp3) is 0.176. The van der Waals surface area contributed by atoms with E-state index >= 15 is 0 Å². The lowest BCUT2D eigenvalue weighted by molar-refractivity contribution is 0.248. The summed E-state index contributed by atoms with van der Waals surface area (Å²) in [5, 5.41) is 1.32. The minimum atomic E-state index is -0.0190. The molecule has 0 amide bonds. The quantitative estimate of drug-likeness (QED) is 0.662. The van der Waals surface area contributed by atoms with E-state index in [-0.39, 0.29) is 11.5 Å². The number of aromatic nitrogens is 2. The van der Waals surface area contributed by atoms with E-state index in [1.165, 1.54) is 0 Å². The third-order valence-corrected chi connectivity index (χ3v) is 4.60. The van der Waals surface area contributed by atoms with Gasteiger partial charge in [-0.2, -0.15) is 0 Å². The van der Waals surface area contributed by atoms with E-state index in [1.807, 2.05) is 41.0 Å². The number of fused-ring (bicyclic) bond motifs is 2. The number of pyridine rings is 2. The van der Waals surface area contributed by atoms with Crippen LogP contribution in [-0.2, 0) is 6.42 Å². The molecule has 4 rings (SSSR count). The minimum Gasteiger partial charge on any atom is -0.474 e. The molecule has 0 bridgehead atoms. The molecule has 1 aliphatic rings. The number of nitrogens with zero attached hydrogens (tertiary/aromatic N) is 2. The molecule has 0 radical (unpaired) electrons. The van der Waals surface area contributed by atoms with Gasteiger partial charge in [0.05, 0.1) is 16.6 Å². The summed E-state index contributed by atoms with van der Waals surface area (Å²) in [5.74, 6) is 0.617. The van der Waals surface area contributed by atoms with Crippen LogP contribution in [0.1, 0.15) is 5.56 Å². The van der Waals surface area contributed by atoms with Crippen molar-refractivity contribution < 1.29 is 4.74 Å². The molecule has 4 nitrogen and oxygen atoms in total. The zero-order chi connectivity index (χ0) is 15.1. The lowest BCUT2D eigenvalue weighted by Gasteiger charge is -2.15. The van der Waals surface area contributed by atoms with Crippen molar-refractivity contribution in [2.24, 2.45) is 0 Å². The van der Waals surface area contributed by atoms with Crippen LogP contribution in [0.4, 0.5) is 0 Å². The Bertz CT molecular complexity index is 906. The summed E-state index contributed by atoms with van der Waals surface area (Å²) in [4.78, 5) is 17.1. The second-order valence-corrected chi connectivity index (χ2v) is 5.90. The number of rotatable bonds is 2. The Kier molecular flexibility index (Phi) is 3.22. The van der Waals surface area contributed by atoms with Crippen LogP contribution in [0.15, 0.2) is 53.5 Å². The van der Waals surface area contributed by atoms with Crippen molar-refractivity contribution in [2.75, 3.05) is 5.33 Å². The molecule has 5 heteroatoms. The van der Waals surface area contributed by atoms with Gasteiger partial charge >= 0.3 is 0 Å². The molecule has 110 valence electrons. The number of para-hydroxylation sites is 1. The number of alkyl halides is 1. The average molecular weight is 357 g/mol. The molecule has 1 aliphatic heterocycles. The van der Waals surface area contributed by atoms with Crippen molar-refractivity contribution in [1.82, 2.24) is 9.55 Å². The molecule has 1 aromatic carbocycles. The van der Waals surface area contributed by atoms with E-state index in [1.54, 1.807) is 12.3 Å². The monoisotopic (exact) mass is 356 g/mol. The normalized spacial score (nSPS) is 16.5. The van der Waals surface area contributed by atoms with Gasteiger partial charge in [-0.1, -0.05) is 34.1 Å². The van der Waals surface area contributed by atoms with Crippen molar-refractivity contribution in [3.05, 3.63) is 64.4 Å². The van der Waals surface area contributed by atoms with Gasteiger partial charge in [-0.05, 0) is 24.3 Å². The van der Waals surface area contributed by atoms with Gasteiger partial charge in [-0.15, -0.1) is 0 Å². The van der Waals surface area contributed by atoms with Gasteiger partial charge in [-0.25, -0.2) is 4.98 Å². The summed E-state index contributed by atoms with van der Waals surface area (Å²) in [5.41, 5.74) is 2.33. The second kappa shape index (κ2) is 5.25. The molecule has 1 atom stereocenters. The van der Waals surface area contributed by atoms with E-state index in [2.05, 4.69) is 20.9 Å². The molecular weight excluding hydrogens is 344 g/mol. The molecule has 0 N–H and O–H groups in total. The first kappa shape index (κ1) is 13.5.